The summed E-state index contributed by atoms with van der Waals surface area (Å²) < 4.78 is 10.2. The van der Waals surface area contributed by atoms with Crippen LogP contribution in [0.25, 0.3) is 0 Å². The van der Waals surface area contributed by atoms with Gasteiger partial charge < -0.3 is 19.7 Å². The summed E-state index contributed by atoms with van der Waals surface area (Å²) >= 11 is 0. The van der Waals surface area contributed by atoms with E-state index in [9.17, 15) is 0 Å². The van der Waals surface area contributed by atoms with Gasteiger partial charge in [0, 0.05) is 13.2 Å². The van der Waals surface area contributed by atoms with E-state index >= 15 is 0 Å². The molecule has 0 spiro atoms. The molecule has 13 heavy (non-hydrogen) atoms. The fourth-order valence-corrected chi connectivity index (χ4v) is 0.771. The second kappa shape index (κ2) is 8.44. The number of ether oxygens (including phenoxy) is 2. The van der Waals surface area contributed by atoms with Crippen LogP contribution in [0.4, 0.5) is 0 Å². The van der Waals surface area contributed by atoms with Crippen molar-refractivity contribution in [2.45, 2.75) is 32.5 Å². The molecule has 0 bridgehead atoms. The summed E-state index contributed by atoms with van der Waals surface area (Å²) in [6.45, 7) is 5.29. The van der Waals surface area contributed by atoms with Crippen LogP contribution >= 0.6 is 0 Å². The molecule has 4 nitrogen and oxygen atoms in total. The van der Waals surface area contributed by atoms with Crippen LogP contribution in [0.5, 0.6) is 0 Å². The van der Waals surface area contributed by atoms with Crippen LogP contribution in [-0.4, -0.2) is 48.8 Å². The van der Waals surface area contributed by atoms with Crippen molar-refractivity contribution in [3.63, 3.8) is 0 Å². The minimum absolute atomic E-state index is 0.371. The minimum Gasteiger partial charge on any atom is -0.391 e. The highest BCUT2D eigenvalue weighted by molar-refractivity contribution is 4.44. The summed E-state index contributed by atoms with van der Waals surface area (Å²) in [5, 5.41) is 17.7. The fourth-order valence-electron chi connectivity index (χ4n) is 0.771. The standard InChI is InChI=1S/C9H20O4/c1-8(10)6-12-4-3-5-13-7-9(2)11/h8-11H,3-7H2,1-2H3. The van der Waals surface area contributed by atoms with Gasteiger partial charge in [-0.3, -0.25) is 0 Å². The number of aliphatic hydroxyl groups excluding tert-OH is 2. The lowest BCUT2D eigenvalue weighted by molar-refractivity contribution is 0.0159. The highest BCUT2D eigenvalue weighted by atomic mass is 16.5. The molecule has 2 unspecified atom stereocenters. The molecule has 0 saturated heterocycles. The van der Waals surface area contributed by atoms with Crippen LogP contribution in [0.15, 0.2) is 0 Å². The highest BCUT2D eigenvalue weighted by Gasteiger charge is 1.96. The summed E-state index contributed by atoms with van der Waals surface area (Å²) in [6, 6.07) is 0. The van der Waals surface area contributed by atoms with Gasteiger partial charge in [-0.1, -0.05) is 0 Å². The molecule has 0 aliphatic carbocycles. The Morgan fingerprint density at radius 2 is 1.31 bits per heavy atom. The second-order valence-corrected chi connectivity index (χ2v) is 3.20. The van der Waals surface area contributed by atoms with E-state index in [1.54, 1.807) is 13.8 Å². The van der Waals surface area contributed by atoms with Crippen molar-refractivity contribution in [3.05, 3.63) is 0 Å². The van der Waals surface area contributed by atoms with E-state index in [0.29, 0.717) is 26.4 Å². The van der Waals surface area contributed by atoms with Gasteiger partial charge >= 0.3 is 0 Å². The SMILES string of the molecule is CC(O)COCCCOCC(C)O. The largest absolute Gasteiger partial charge is 0.391 e. The van der Waals surface area contributed by atoms with Crippen LogP contribution in [0, 0.1) is 0 Å². The Morgan fingerprint density at radius 3 is 1.62 bits per heavy atom. The molecule has 0 aromatic carbocycles. The number of hydrogen-bond donors (Lipinski definition) is 2. The molecule has 0 amide bonds. The Bertz CT molecular complexity index is 91.8. The second-order valence-electron chi connectivity index (χ2n) is 3.20. The molecule has 2 atom stereocenters. The molecule has 0 aromatic rings. The van der Waals surface area contributed by atoms with Crippen molar-refractivity contribution in [1.29, 1.82) is 0 Å². The Balaban J connectivity index is 2.92. The molecule has 0 fully saturated rings. The lowest BCUT2D eigenvalue weighted by Crippen LogP contribution is -2.14. The Labute approximate surface area is 79.5 Å². The third kappa shape index (κ3) is 11.8. The van der Waals surface area contributed by atoms with Crippen LogP contribution in [-0.2, 0) is 9.47 Å². The van der Waals surface area contributed by atoms with Gasteiger partial charge in [-0.2, -0.15) is 0 Å². The van der Waals surface area contributed by atoms with Crippen molar-refractivity contribution >= 4 is 0 Å². The predicted molar refractivity (Wildman–Crippen MR) is 49.6 cm³/mol. The van der Waals surface area contributed by atoms with Gasteiger partial charge in [0.25, 0.3) is 0 Å². The molecule has 4 heteroatoms. The first-order valence-electron chi connectivity index (χ1n) is 4.64. The zero-order valence-electron chi connectivity index (χ0n) is 8.40. The van der Waals surface area contributed by atoms with Gasteiger partial charge in [0.2, 0.25) is 0 Å². The monoisotopic (exact) mass is 192 g/mol. The summed E-state index contributed by atoms with van der Waals surface area (Å²) in [6.07, 6.45) is -0.0174. The first kappa shape index (κ1) is 12.8. The molecular weight excluding hydrogens is 172 g/mol. The predicted octanol–water partition coefficient (Wildman–Crippen LogP) is 0.171. The van der Waals surface area contributed by atoms with E-state index in [1.165, 1.54) is 0 Å². The molecule has 2 N–H and O–H groups in total. The van der Waals surface area contributed by atoms with Crippen molar-refractivity contribution in [1.82, 2.24) is 0 Å². The van der Waals surface area contributed by atoms with Crippen LogP contribution in [0.2, 0.25) is 0 Å². The average Bonchev–Trinajstić information content (AvgIpc) is 2.01. The van der Waals surface area contributed by atoms with E-state index < -0.39 is 12.2 Å². The van der Waals surface area contributed by atoms with Crippen molar-refractivity contribution in [3.8, 4) is 0 Å². The van der Waals surface area contributed by atoms with Crippen molar-refractivity contribution < 1.29 is 19.7 Å². The maximum Gasteiger partial charge on any atom is 0.0745 e. The van der Waals surface area contributed by atoms with Gasteiger partial charge in [-0.25, -0.2) is 0 Å². The van der Waals surface area contributed by atoms with Crippen molar-refractivity contribution in [2.24, 2.45) is 0 Å². The Morgan fingerprint density at radius 1 is 0.923 bits per heavy atom. The zero-order chi connectivity index (χ0) is 10.1. The summed E-state index contributed by atoms with van der Waals surface area (Å²) in [4.78, 5) is 0. The molecule has 0 radical (unpaired) electrons. The quantitative estimate of drug-likeness (QED) is 0.538. The molecule has 0 aliphatic heterocycles. The van der Waals surface area contributed by atoms with Gasteiger partial charge in [-0.05, 0) is 20.3 Å². The molecule has 0 aromatic heterocycles. The van der Waals surface area contributed by atoms with E-state index in [-0.39, 0.29) is 0 Å². The number of hydrogen-bond acceptors (Lipinski definition) is 4. The van der Waals surface area contributed by atoms with Crippen LogP contribution < -0.4 is 0 Å². The number of aliphatic hydroxyl groups is 2. The van der Waals surface area contributed by atoms with Gasteiger partial charge in [0.05, 0.1) is 25.4 Å². The molecule has 0 heterocycles. The first-order valence-corrected chi connectivity index (χ1v) is 4.64. The highest BCUT2D eigenvalue weighted by Crippen LogP contribution is 1.89. The Hall–Kier alpha value is -0.160. The van der Waals surface area contributed by atoms with Crippen LogP contribution in [0.1, 0.15) is 20.3 Å². The molecule has 0 rings (SSSR count). The average molecular weight is 192 g/mol. The summed E-state index contributed by atoms with van der Waals surface area (Å²) in [5.74, 6) is 0. The van der Waals surface area contributed by atoms with Gasteiger partial charge in [-0.15, -0.1) is 0 Å². The zero-order valence-corrected chi connectivity index (χ0v) is 8.40. The number of rotatable bonds is 8. The first-order chi connectivity index (χ1) is 6.13. The van der Waals surface area contributed by atoms with Crippen molar-refractivity contribution in [2.75, 3.05) is 26.4 Å². The van der Waals surface area contributed by atoms with Gasteiger partial charge in [0.1, 0.15) is 0 Å². The fraction of sp³-hybridized carbons (Fsp3) is 1.00. The molecule has 0 aliphatic rings. The maximum atomic E-state index is 8.84. The normalized spacial score (nSPS) is 15.7. The lowest BCUT2D eigenvalue weighted by Gasteiger charge is -2.07. The third-order valence-corrected chi connectivity index (χ3v) is 1.30. The maximum absolute atomic E-state index is 8.84. The van der Waals surface area contributed by atoms with Gasteiger partial charge in [0.15, 0.2) is 0 Å². The van der Waals surface area contributed by atoms with E-state index in [0.717, 1.165) is 6.42 Å². The summed E-state index contributed by atoms with van der Waals surface area (Å²) in [7, 11) is 0. The molecule has 0 saturated carbocycles. The Kier molecular flexibility index (Phi) is 8.33. The van der Waals surface area contributed by atoms with E-state index in [1.807, 2.05) is 0 Å². The smallest absolute Gasteiger partial charge is 0.0745 e. The van der Waals surface area contributed by atoms with Crippen LogP contribution in [0.3, 0.4) is 0 Å². The third-order valence-electron chi connectivity index (χ3n) is 1.30. The topological polar surface area (TPSA) is 58.9 Å². The minimum atomic E-state index is -0.404. The summed E-state index contributed by atoms with van der Waals surface area (Å²) in [5.41, 5.74) is 0. The lowest BCUT2D eigenvalue weighted by atomic mass is 10.4. The van der Waals surface area contributed by atoms with E-state index in [2.05, 4.69) is 0 Å². The molecular formula is C9H20O4. The van der Waals surface area contributed by atoms with E-state index in [4.69, 9.17) is 19.7 Å². The molecule has 80 valence electrons.